The number of anilines is 1. The normalized spacial score (nSPS) is 14.7. The number of carbonyl (C=O) groups excluding carboxylic acids is 1. The maximum absolute atomic E-state index is 13.1. The van der Waals surface area contributed by atoms with Crippen LogP contribution < -0.4 is 4.90 Å². The zero-order valence-corrected chi connectivity index (χ0v) is 25.3. The molecule has 0 atom stereocenters. The molecule has 210 valence electrons. The molecule has 0 unspecified atom stereocenters. The lowest BCUT2D eigenvalue weighted by Gasteiger charge is -2.36. The van der Waals surface area contributed by atoms with Gasteiger partial charge in [-0.05, 0) is 53.6 Å². The molecular weight excluding hydrogens is 516 g/mol. The van der Waals surface area contributed by atoms with Gasteiger partial charge in [-0.1, -0.05) is 52.0 Å². The van der Waals surface area contributed by atoms with E-state index >= 15 is 0 Å². The molecule has 0 aliphatic carbocycles. The van der Waals surface area contributed by atoms with E-state index in [2.05, 4.69) is 90.9 Å². The van der Waals surface area contributed by atoms with Crippen LogP contribution >= 0.6 is 11.3 Å². The fourth-order valence-corrected chi connectivity index (χ4v) is 6.14. The van der Waals surface area contributed by atoms with Crippen molar-refractivity contribution in [2.75, 3.05) is 37.6 Å². The Morgan fingerprint density at radius 3 is 2.50 bits per heavy atom. The largest absolute Gasteiger partial charge is 0.368 e. The third-order valence-corrected chi connectivity index (χ3v) is 8.93. The van der Waals surface area contributed by atoms with E-state index in [0.29, 0.717) is 12.3 Å². The highest BCUT2D eigenvalue weighted by atomic mass is 32.1. The molecule has 4 heterocycles. The third-order valence-electron chi connectivity index (χ3n) is 7.38. The predicted molar refractivity (Wildman–Crippen MR) is 164 cm³/mol. The van der Waals surface area contributed by atoms with Crippen LogP contribution in [0.25, 0.3) is 16.9 Å². The number of hydrogen-bond donors (Lipinski definition) is 0. The van der Waals surface area contributed by atoms with Gasteiger partial charge in [-0.2, -0.15) is 0 Å². The molecule has 7 nitrogen and oxygen atoms in total. The zero-order valence-electron chi connectivity index (χ0n) is 24.5. The van der Waals surface area contributed by atoms with Crippen LogP contribution in [0.4, 0.5) is 5.69 Å². The summed E-state index contributed by atoms with van der Waals surface area (Å²) in [5.41, 5.74) is 5.86. The first-order valence-corrected chi connectivity index (χ1v) is 15.0. The number of rotatable bonds is 8. The first kappa shape index (κ1) is 28.2. The van der Waals surface area contributed by atoms with Crippen LogP contribution in [0, 0.1) is 12.8 Å². The number of ketones is 1. The Balaban J connectivity index is 1.30. The van der Waals surface area contributed by atoms with E-state index in [1.807, 2.05) is 30.7 Å². The van der Waals surface area contributed by atoms with Crippen molar-refractivity contribution in [3.8, 4) is 16.9 Å². The van der Waals surface area contributed by atoms with E-state index in [1.54, 1.807) is 16.0 Å². The Hall–Kier alpha value is -3.36. The smallest absolute Gasteiger partial charge is 0.177 e. The SMILES string of the molecule is Cc1ccc(CC(=O)c2ccc(C(C)(C)C)s2)cc1-n1cc(-c2cncc(N3CCN(CC(C)C)CC3)c2)nn1. The van der Waals surface area contributed by atoms with Gasteiger partial charge < -0.3 is 4.90 Å². The second-order valence-electron chi connectivity index (χ2n) is 12.3. The summed E-state index contributed by atoms with van der Waals surface area (Å²) in [5.74, 6) is 0.828. The van der Waals surface area contributed by atoms with Crippen LogP contribution in [0.15, 0.2) is 55.0 Å². The number of aryl methyl sites for hydroxylation is 1. The Morgan fingerprint density at radius 2 is 1.80 bits per heavy atom. The molecule has 3 aromatic heterocycles. The Bertz CT molecular complexity index is 1470. The summed E-state index contributed by atoms with van der Waals surface area (Å²) in [6, 6.07) is 12.3. The highest BCUT2D eigenvalue weighted by molar-refractivity contribution is 7.14. The number of nitrogens with zero attached hydrogens (tertiary/aromatic N) is 6. The molecule has 0 N–H and O–H groups in total. The molecule has 0 saturated carbocycles. The van der Waals surface area contributed by atoms with Gasteiger partial charge in [-0.25, -0.2) is 4.68 Å². The summed E-state index contributed by atoms with van der Waals surface area (Å²) in [6.07, 6.45) is 6.09. The summed E-state index contributed by atoms with van der Waals surface area (Å²) in [4.78, 5) is 24.6. The molecule has 5 rings (SSSR count). The molecule has 1 aromatic carbocycles. The lowest BCUT2D eigenvalue weighted by molar-refractivity contribution is 0.0997. The molecule has 4 aromatic rings. The van der Waals surface area contributed by atoms with Crippen molar-refractivity contribution in [2.24, 2.45) is 5.92 Å². The average molecular weight is 557 g/mol. The van der Waals surface area contributed by atoms with Crippen LogP contribution in [-0.4, -0.2) is 63.4 Å². The number of Topliss-reactive ketones (excluding diaryl/α,β-unsaturated/α-hetero) is 1. The van der Waals surface area contributed by atoms with E-state index in [-0.39, 0.29) is 11.2 Å². The summed E-state index contributed by atoms with van der Waals surface area (Å²) in [7, 11) is 0. The third kappa shape index (κ3) is 6.50. The first-order chi connectivity index (χ1) is 19.1. The number of aromatic nitrogens is 4. The van der Waals surface area contributed by atoms with Crippen molar-refractivity contribution in [1.29, 1.82) is 0 Å². The van der Waals surface area contributed by atoms with Crippen molar-refractivity contribution in [2.45, 2.75) is 53.4 Å². The van der Waals surface area contributed by atoms with Gasteiger partial charge in [0.1, 0.15) is 5.69 Å². The quantitative estimate of drug-likeness (QED) is 0.241. The van der Waals surface area contributed by atoms with Gasteiger partial charge in [0.15, 0.2) is 5.78 Å². The van der Waals surface area contributed by atoms with Gasteiger partial charge in [-0.15, -0.1) is 16.4 Å². The molecule has 0 bridgehead atoms. The second kappa shape index (κ2) is 11.6. The molecule has 0 spiro atoms. The van der Waals surface area contributed by atoms with Gasteiger partial charge in [0.25, 0.3) is 0 Å². The molecule has 0 amide bonds. The zero-order chi connectivity index (χ0) is 28.4. The molecule has 1 aliphatic rings. The summed E-state index contributed by atoms with van der Waals surface area (Å²) < 4.78 is 1.80. The van der Waals surface area contributed by atoms with Gasteiger partial charge in [0, 0.05) is 55.8 Å². The van der Waals surface area contributed by atoms with E-state index in [0.717, 1.165) is 71.4 Å². The Morgan fingerprint density at radius 1 is 1.02 bits per heavy atom. The Labute approximate surface area is 241 Å². The van der Waals surface area contributed by atoms with Gasteiger partial charge in [0.2, 0.25) is 0 Å². The fraction of sp³-hybridized carbons (Fsp3) is 0.438. The summed E-state index contributed by atoms with van der Waals surface area (Å²) in [5, 5.41) is 8.93. The van der Waals surface area contributed by atoms with E-state index < -0.39 is 0 Å². The lowest BCUT2D eigenvalue weighted by Crippen LogP contribution is -2.47. The standard InChI is InChI=1S/C32H40N6OS/c1-22(2)20-36-11-13-37(14-12-36)26-17-25(18-33-19-26)27-21-38(35-34-27)28-15-24(8-7-23(28)3)16-29(39)30-9-10-31(40-30)32(4,5)6/h7-10,15,17-19,21-22H,11-14,16,20H2,1-6H3. The number of carbonyl (C=O) groups is 1. The maximum atomic E-state index is 13.1. The minimum atomic E-state index is 0.0441. The number of piperazine rings is 1. The van der Waals surface area contributed by atoms with Crippen LogP contribution in [0.1, 0.15) is 60.3 Å². The van der Waals surface area contributed by atoms with Gasteiger partial charge in [-0.3, -0.25) is 14.7 Å². The second-order valence-corrected chi connectivity index (χ2v) is 13.4. The van der Waals surface area contributed by atoms with Crippen molar-refractivity contribution in [3.63, 3.8) is 0 Å². The topological polar surface area (TPSA) is 67.2 Å². The lowest BCUT2D eigenvalue weighted by atomic mass is 9.95. The van der Waals surface area contributed by atoms with Gasteiger partial charge >= 0.3 is 0 Å². The molecule has 8 heteroatoms. The van der Waals surface area contributed by atoms with Crippen molar-refractivity contribution in [1.82, 2.24) is 24.9 Å². The van der Waals surface area contributed by atoms with Crippen LogP contribution in [0.5, 0.6) is 0 Å². The van der Waals surface area contributed by atoms with Crippen LogP contribution in [-0.2, 0) is 11.8 Å². The highest BCUT2D eigenvalue weighted by Crippen LogP contribution is 2.30. The fourth-order valence-electron chi connectivity index (χ4n) is 5.13. The predicted octanol–water partition coefficient (Wildman–Crippen LogP) is 6.20. The summed E-state index contributed by atoms with van der Waals surface area (Å²) in [6.45, 7) is 18.4. The minimum absolute atomic E-state index is 0.0441. The minimum Gasteiger partial charge on any atom is -0.368 e. The highest BCUT2D eigenvalue weighted by Gasteiger charge is 2.20. The van der Waals surface area contributed by atoms with Crippen LogP contribution in [0.3, 0.4) is 0 Å². The van der Waals surface area contributed by atoms with E-state index in [4.69, 9.17) is 0 Å². The number of thiophene rings is 1. The molecule has 40 heavy (non-hydrogen) atoms. The molecule has 1 saturated heterocycles. The molecule has 1 fully saturated rings. The maximum Gasteiger partial charge on any atom is 0.177 e. The molecular formula is C32H40N6OS. The number of benzene rings is 1. The number of pyridine rings is 1. The average Bonchev–Trinajstić information content (AvgIpc) is 3.61. The monoisotopic (exact) mass is 556 g/mol. The van der Waals surface area contributed by atoms with E-state index in [1.165, 1.54) is 4.88 Å². The van der Waals surface area contributed by atoms with E-state index in [9.17, 15) is 4.79 Å². The first-order valence-electron chi connectivity index (χ1n) is 14.2. The van der Waals surface area contributed by atoms with Gasteiger partial charge in [0.05, 0.1) is 28.6 Å². The molecule has 0 radical (unpaired) electrons. The number of hydrogen-bond acceptors (Lipinski definition) is 7. The van der Waals surface area contributed by atoms with Crippen molar-refractivity contribution >= 4 is 22.8 Å². The summed E-state index contributed by atoms with van der Waals surface area (Å²) >= 11 is 1.60. The Kier molecular flexibility index (Phi) is 8.19. The van der Waals surface area contributed by atoms with Crippen molar-refractivity contribution in [3.05, 3.63) is 75.9 Å². The van der Waals surface area contributed by atoms with Crippen LogP contribution in [0.2, 0.25) is 0 Å². The molecule has 1 aliphatic heterocycles. The van der Waals surface area contributed by atoms with Crippen molar-refractivity contribution < 1.29 is 4.79 Å².